The minimum Gasteiger partial charge on any atom is -0.344 e. The Morgan fingerprint density at radius 2 is 1.74 bits per heavy atom. The molecule has 126 valence electrons. The van der Waals surface area contributed by atoms with Gasteiger partial charge in [-0.25, -0.2) is 0 Å². The van der Waals surface area contributed by atoms with Gasteiger partial charge in [0, 0.05) is 25.9 Å². The maximum Gasteiger partial charge on any atom is 0.245 e. The van der Waals surface area contributed by atoms with Gasteiger partial charge in [-0.15, -0.1) is 0 Å². The minimum absolute atomic E-state index is 0.0358. The summed E-state index contributed by atoms with van der Waals surface area (Å²) in [5, 5.41) is 2.96. The van der Waals surface area contributed by atoms with Gasteiger partial charge in [-0.3, -0.25) is 9.59 Å². The topological polar surface area (TPSA) is 49.4 Å². The molecule has 2 amide bonds. The first kappa shape index (κ1) is 17.5. The fourth-order valence-corrected chi connectivity index (χ4v) is 3.01. The van der Waals surface area contributed by atoms with Crippen molar-refractivity contribution in [3.8, 4) is 0 Å². The normalized spacial score (nSPS) is 16.2. The Kier molecular flexibility index (Phi) is 6.63. The van der Waals surface area contributed by atoms with Crippen molar-refractivity contribution in [2.24, 2.45) is 5.92 Å². The van der Waals surface area contributed by atoms with Crippen molar-refractivity contribution in [1.29, 1.82) is 0 Å². The van der Waals surface area contributed by atoms with Crippen LogP contribution in [-0.2, 0) is 16.0 Å². The largest absolute Gasteiger partial charge is 0.344 e. The Hall–Kier alpha value is -1.84. The SMILES string of the molecule is CC(C)CC(=O)N[C@@H](Cc1ccccc1)C(=O)N1CCCCC1. The van der Waals surface area contributed by atoms with Gasteiger partial charge in [0.15, 0.2) is 0 Å². The van der Waals surface area contributed by atoms with Gasteiger partial charge in [0.1, 0.15) is 6.04 Å². The number of carbonyl (C=O) groups is 2. The molecule has 4 heteroatoms. The van der Waals surface area contributed by atoms with Crippen LogP contribution in [0.2, 0.25) is 0 Å². The number of hydrogen-bond donors (Lipinski definition) is 1. The predicted molar refractivity (Wildman–Crippen MR) is 92.0 cm³/mol. The number of hydrogen-bond acceptors (Lipinski definition) is 2. The van der Waals surface area contributed by atoms with E-state index in [4.69, 9.17) is 0 Å². The summed E-state index contributed by atoms with van der Waals surface area (Å²) in [6.45, 7) is 5.64. The van der Waals surface area contributed by atoms with Crippen molar-refractivity contribution in [2.75, 3.05) is 13.1 Å². The van der Waals surface area contributed by atoms with E-state index in [1.807, 2.05) is 49.1 Å². The van der Waals surface area contributed by atoms with Crippen molar-refractivity contribution in [3.05, 3.63) is 35.9 Å². The van der Waals surface area contributed by atoms with Crippen molar-refractivity contribution in [2.45, 2.75) is 52.0 Å². The number of piperidine rings is 1. The molecular weight excluding hydrogens is 288 g/mol. The van der Waals surface area contributed by atoms with Gasteiger partial charge in [0.05, 0.1) is 0 Å². The summed E-state index contributed by atoms with van der Waals surface area (Å²) in [4.78, 5) is 26.9. The Labute approximate surface area is 139 Å². The summed E-state index contributed by atoms with van der Waals surface area (Å²) in [5.74, 6) is 0.314. The molecular formula is C19H28N2O2. The lowest BCUT2D eigenvalue weighted by atomic mass is 10.0. The Morgan fingerprint density at radius 3 is 2.35 bits per heavy atom. The molecule has 1 aromatic rings. The average molecular weight is 316 g/mol. The fourth-order valence-electron chi connectivity index (χ4n) is 3.01. The van der Waals surface area contributed by atoms with Crippen LogP contribution in [0.1, 0.15) is 45.1 Å². The van der Waals surface area contributed by atoms with Gasteiger partial charge < -0.3 is 10.2 Å². The highest BCUT2D eigenvalue weighted by molar-refractivity contribution is 5.88. The zero-order chi connectivity index (χ0) is 16.7. The predicted octanol–water partition coefficient (Wildman–Crippen LogP) is 2.77. The molecule has 0 bridgehead atoms. The van der Waals surface area contributed by atoms with Crippen LogP contribution in [0.4, 0.5) is 0 Å². The number of likely N-dealkylation sites (tertiary alicyclic amines) is 1. The Morgan fingerprint density at radius 1 is 1.09 bits per heavy atom. The molecule has 1 heterocycles. The smallest absolute Gasteiger partial charge is 0.245 e. The molecule has 1 atom stereocenters. The highest BCUT2D eigenvalue weighted by atomic mass is 16.2. The molecule has 1 saturated heterocycles. The molecule has 4 nitrogen and oxygen atoms in total. The van der Waals surface area contributed by atoms with Crippen LogP contribution in [0.25, 0.3) is 0 Å². The monoisotopic (exact) mass is 316 g/mol. The van der Waals surface area contributed by atoms with Crippen LogP contribution in [0.5, 0.6) is 0 Å². The molecule has 0 spiro atoms. The van der Waals surface area contributed by atoms with E-state index in [2.05, 4.69) is 5.32 Å². The highest BCUT2D eigenvalue weighted by Gasteiger charge is 2.27. The Bertz CT molecular complexity index is 507. The molecule has 1 aliphatic rings. The molecule has 1 aromatic carbocycles. The van der Waals surface area contributed by atoms with Crippen LogP contribution in [-0.4, -0.2) is 35.8 Å². The van der Waals surface area contributed by atoms with E-state index in [1.165, 1.54) is 6.42 Å². The van der Waals surface area contributed by atoms with Crippen molar-refractivity contribution in [3.63, 3.8) is 0 Å². The van der Waals surface area contributed by atoms with E-state index in [-0.39, 0.29) is 17.7 Å². The summed E-state index contributed by atoms with van der Waals surface area (Å²) >= 11 is 0. The quantitative estimate of drug-likeness (QED) is 0.877. The second-order valence-electron chi connectivity index (χ2n) is 6.79. The van der Waals surface area contributed by atoms with Gasteiger partial charge in [0.2, 0.25) is 11.8 Å². The number of benzene rings is 1. The standard InChI is InChI=1S/C19H28N2O2/c1-15(2)13-18(22)20-17(14-16-9-5-3-6-10-16)19(23)21-11-7-4-8-12-21/h3,5-6,9-10,15,17H,4,7-8,11-14H2,1-2H3,(H,20,22)/t17-/m0/s1. The lowest BCUT2D eigenvalue weighted by Crippen LogP contribution is -2.51. The van der Waals surface area contributed by atoms with Gasteiger partial charge in [-0.2, -0.15) is 0 Å². The van der Waals surface area contributed by atoms with E-state index in [0.29, 0.717) is 12.8 Å². The van der Waals surface area contributed by atoms with Crippen molar-refractivity contribution < 1.29 is 9.59 Å². The molecule has 0 radical (unpaired) electrons. The van der Waals surface area contributed by atoms with E-state index >= 15 is 0 Å². The third kappa shape index (κ3) is 5.70. The highest BCUT2D eigenvalue weighted by Crippen LogP contribution is 2.13. The maximum absolute atomic E-state index is 12.8. The van der Waals surface area contributed by atoms with Crippen molar-refractivity contribution >= 4 is 11.8 Å². The lowest BCUT2D eigenvalue weighted by Gasteiger charge is -2.31. The number of amides is 2. The third-order valence-electron chi connectivity index (χ3n) is 4.18. The first-order valence-corrected chi connectivity index (χ1v) is 8.68. The van der Waals surface area contributed by atoms with Crippen LogP contribution < -0.4 is 5.32 Å². The molecule has 1 aliphatic heterocycles. The fraction of sp³-hybridized carbons (Fsp3) is 0.579. The third-order valence-corrected chi connectivity index (χ3v) is 4.18. The summed E-state index contributed by atoms with van der Waals surface area (Å²) in [6, 6.07) is 9.45. The van der Waals surface area contributed by atoms with Gasteiger partial charge in [-0.1, -0.05) is 44.2 Å². The van der Waals surface area contributed by atoms with Crippen LogP contribution in [0.15, 0.2) is 30.3 Å². The average Bonchev–Trinajstić information content (AvgIpc) is 2.54. The molecule has 23 heavy (non-hydrogen) atoms. The van der Waals surface area contributed by atoms with Gasteiger partial charge in [-0.05, 0) is 30.7 Å². The number of rotatable bonds is 6. The second-order valence-corrected chi connectivity index (χ2v) is 6.79. The molecule has 0 unspecified atom stereocenters. The number of carbonyl (C=O) groups excluding carboxylic acids is 2. The van der Waals surface area contributed by atoms with E-state index < -0.39 is 6.04 Å². The van der Waals surface area contributed by atoms with Crippen LogP contribution >= 0.6 is 0 Å². The zero-order valence-electron chi connectivity index (χ0n) is 14.3. The van der Waals surface area contributed by atoms with E-state index in [0.717, 1.165) is 31.5 Å². The summed E-state index contributed by atoms with van der Waals surface area (Å²) in [7, 11) is 0. The second kappa shape index (κ2) is 8.70. The minimum atomic E-state index is -0.457. The lowest BCUT2D eigenvalue weighted by molar-refractivity contribution is -0.137. The number of nitrogens with zero attached hydrogens (tertiary/aromatic N) is 1. The van der Waals surface area contributed by atoms with Crippen LogP contribution in [0, 0.1) is 5.92 Å². The summed E-state index contributed by atoms with van der Waals surface area (Å²) in [5.41, 5.74) is 1.08. The number of nitrogens with one attached hydrogen (secondary N) is 1. The van der Waals surface area contributed by atoms with Crippen molar-refractivity contribution in [1.82, 2.24) is 10.2 Å². The van der Waals surface area contributed by atoms with Gasteiger partial charge in [0.25, 0.3) is 0 Å². The summed E-state index contributed by atoms with van der Waals surface area (Å²) < 4.78 is 0. The first-order valence-electron chi connectivity index (χ1n) is 8.68. The first-order chi connectivity index (χ1) is 11.1. The van der Waals surface area contributed by atoms with E-state index in [9.17, 15) is 9.59 Å². The molecule has 0 saturated carbocycles. The maximum atomic E-state index is 12.8. The summed E-state index contributed by atoms with van der Waals surface area (Å²) in [6.07, 6.45) is 4.32. The molecule has 2 rings (SSSR count). The molecule has 1 N–H and O–H groups in total. The van der Waals surface area contributed by atoms with E-state index in [1.54, 1.807) is 0 Å². The Balaban J connectivity index is 2.06. The molecule has 0 aliphatic carbocycles. The molecule has 1 fully saturated rings. The zero-order valence-corrected chi connectivity index (χ0v) is 14.3. The van der Waals surface area contributed by atoms with Crippen LogP contribution in [0.3, 0.4) is 0 Å². The molecule has 0 aromatic heterocycles. The van der Waals surface area contributed by atoms with Gasteiger partial charge >= 0.3 is 0 Å².